The standard InChI is InChI=1S/C15H17FN4O/c1-10(2)14-17-6-8-20(14)9-7-18-15-19-12-5-3-4-11(16)13(12)21-15/h3-6,8,10H,7,9H2,1-2H3,(H,18,19). The summed E-state index contributed by atoms with van der Waals surface area (Å²) >= 11 is 0. The van der Waals surface area contributed by atoms with Crippen LogP contribution in [0.4, 0.5) is 10.4 Å². The molecule has 1 aromatic carbocycles. The molecule has 5 nitrogen and oxygen atoms in total. The van der Waals surface area contributed by atoms with Crippen LogP contribution >= 0.6 is 0 Å². The van der Waals surface area contributed by atoms with E-state index in [4.69, 9.17) is 4.42 Å². The Kier molecular flexibility index (Phi) is 3.60. The fourth-order valence-electron chi connectivity index (χ4n) is 2.28. The van der Waals surface area contributed by atoms with E-state index >= 15 is 0 Å². The Balaban J connectivity index is 1.67. The fourth-order valence-corrected chi connectivity index (χ4v) is 2.28. The summed E-state index contributed by atoms with van der Waals surface area (Å²) in [5, 5.41) is 3.07. The second-order valence-electron chi connectivity index (χ2n) is 5.17. The highest BCUT2D eigenvalue weighted by atomic mass is 19.1. The predicted octanol–water partition coefficient (Wildman–Crippen LogP) is 3.40. The predicted molar refractivity (Wildman–Crippen MR) is 78.8 cm³/mol. The van der Waals surface area contributed by atoms with Crippen molar-refractivity contribution in [2.24, 2.45) is 0 Å². The van der Waals surface area contributed by atoms with E-state index in [2.05, 4.69) is 33.7 Å². The van der Waals surface area contributed by atoms with Crippen LogP contribution in [-0.4, -0.2) is 21.1 Å². The molecule has 0 aliphatic heterocycles. The Bertz CT molecular complexity index is 747. The molecule has 0 spiro atoms. The molecule has 6 heteroatoms. The molecule has 21 heavy (non-hydrogen) atoms. The van der Waals surface area contributed by atoms with Crippen LogP contribution in [-0.2, 0) is 6.54 Å². The lowest BCUT2D eigenvalue weighted by molar-refractivity contribution is 0.557. The van der Waals surface area contributed by atoms with Crippen LogP contribution in [0.25, 0.3) is 11.1 Å². The van der Waals surface area contributed by atoms with E-state index in [1.54, 1.807) is 18.3 Å². The maximum Gasteiger partial charge on any atom is 0.295 e. The van der Waals surface area contributed by atoms with Crippen molar-refractivity contribution in [2.45, 2.75) is 26.3 Å². The van der Waals surface area contributed by atoms with Crippen LogP contribution in [0.2, 0.25) is 0 Å². The van der Waals surface area contributed by atoms with Crippen LogP contribution in [0.15, 0.2) is 35.0 Å². The lowest BCUT2D eigenvalue weighted by atomic mass is 10.2. The number of hydrogen-bond donors (Lipinski definition) is 1. The Morgan fingerprint density at radius 1 is 1.38 bits per heavy atom. The van der Waals surface area contributed by atoms with Gasteiger partial charge in [0.15, 0.2) is 11.4 Å². The van der Waals surface area contributed by atoms with Gasteiger partial charge in [0.05, 0.1) is 0 Å². The highest BCUT2D eigenvalue weighted by Gasteiger charge is 2.10. The Morgan fingerprint density at radius 3 is 3.00 bits per heavy atom. The summed E-state index contributed by atoms with van der Waals surface area (Å²) in [6, 6.07) is 5.03. The number of fused-ring (bicyclic) bond motifs is 1. The quantitative estimate of drug-likeness (QED) is 0.781. The molecule has 1 N–H and O–H groups in total. The molecule has 2 heterocycles. The van der Waals surface area contributed by atoms with Crippen molar-refractivity contribution in [3.63, 3.8) is 0 Å². The first-order valence-electron chi connectivity index (χ1n) is 6.95. The fraction of sp³-hybridized carbons (Fsp3) is 0.333. The highest BCUT2D eigenvalue weighted by molar-refractivity contribution is 5.74. The number of imidazole rings is 1. The summed E-state index contributed by atoms with van der Waals surface area (Å²) in [6.07, 6.45) is 3.74. The van der Waals surface area contributed by atoms with Crippen molar-refractivity contribution in [3.8, 4) is 0 Å². The second kappa shape index (κ2) is 5.55. The normalized spacial score (nSPS) is 11.4. The third kappa shape index (κ3) is 2.74. The third-order valence-corrected chi connectivity index (χ3v) is 3.26. The monoisotopic (exact) mass is 288 g/mol. The first-order chi connectivity index (χ1) is 10.1. The van der Waals surface area contributed by atoms with Gasteiger partial charge in [0.2, 0.25) is 0 Å². The molecule has 0 amide bonds. The number of anilines is 1. The van der Waals surface area contributed by atoms with Crippen LogP contribution in [0.1, 0.15) is 25.6 Å². The SMILES string of the molecule is CC(C)c1nccn1CCNc1nc2cccc(F)c2o1. The maximum absolute atomic E-state index is 13.5. The minimum atomic E-state index is -0.398. The molecule has 0 bridgehead atoms. The average Bonchev–Trinajstić information content (AvgIpc) is 3.06. The van der Waals surface area contributed by atoms with Gasteiger partial charge in [0, 0.05) is 31.4 Å². The molecule has 110 valence electrons. The molecule has 0 fully saturated rings. The van der Waals surface area contributed by atoms with E-state index < -0.39 is 5.82 Å². The van der Waals surface area contributed by atoms with Crippen molar-refractivity contribution in [1.29, 1.82) is 0 Å². The second-order valence-corrected chi connectivity index (χ2v) is 5.17. The molecular weight excluding hydrogens is 271 g/mol. The number of rotatable bonds is 5. The van der Waals surface area contributed by atoms with Crippen LogP contribution < -0.4 is 5.32 Å². The van der Waals surface area contributed by atoms with Gasteiger partial charge in [-0.1, -0.05) is 19.9 Å². The van der Waals surface area contributed by atoms with Gasteiger partial charge in [-0.05, 0) is 12.1 Å². The van der Waals surface area contributed by atoms with Crippen molar-refractivity contribution in [1.82, 2.24) is 14.5 Å². The molecule has 0 aliphatic carbocycles. The van der Waals surface area contributed by atoms with Gasteiger partial charge in [-0.3, -0.25) is 0 Å². The zero-order valence-electron chi connectivity index (χ0n) is 12.0. The molecule has 0 unspecified atom stereocenters. The van der Waals surface area contributed by atoms with E-state index in [9.17, 15) is 4.39 Å². The number of benzene rings is 1. The first-order valence-corrected chi connectivity index (χ1v) is 6.95. The zero-order chi connectivity index (χ0) is 14.8. The van der Waals surface area contributed by atoms with Gasteiger partial charge < -0.3 is 14.3 Å². The lowest BCUT2D eigenvalue weighted by Gasteiger charge is -2.10. The number of nitrogens with one attached hydrogen (secondary N) is 1. The molecule has 0 radical (unpaired) electrons. The number of halogens is 1. The molecule has 0 atom stereocenters. The highest BCUT2D eigenvalue weighted by Crippen LogP contribution is 2.21. The zero-order valence-corrected chi connectivity index (χ0v) is 12.0. The van der Waals surface area contributed by atoms with Crippen molar-refractivity contribution in [3.05, 3.63) is 42.2 Å². The lowest BCUT2D eigenvalue weighted by Crippen LogP contribution is -2.13. The van der Waals surface area contributed by atoms with E-state index in [1.165, 1.54) is 6.07 Å². The molecule has 3 aromatic rings. The van der Waals surface area contributed by atoms with Crippen LogP contribution in [0.3, 0.4) is 0 Å². The van der Waals surface area contributed by atoms with E-state index in [-0.39, 0.29) is 5.58 Å². The van der Waals surface area contributed by atoms with E-state index in [0.717, 1.165) is 12.4 Å². The Morgan fingerprint density at radius 2 is 2.24 bits per heavy atom. The molecule has 2 aromatic heterocycles. The van der Waals surface area contributed by atoms with Gasteiger partial charge in [-0.2, -0.15) is 4.98 Å². The van der Waals surface area contributed by atoms with Gasteiger partial charge in [-0.25, -0.2) is 9.37 Å². The summed E-state index contributed by atoms with van der Waals surface area (Å²) < 4.78 is 21.0. The number of para-hydroxylation sites is 1. The summed E-state index contributed by atoms with van der Waals surface area (Å²) in [4.78, 5) is 8.54. The van der Waals surface area contributed by atoms with Gasteiger partial charge >= 0.3 is 0 Å². The minimum Gasteiger partial charge on any atom is -0.420 e. The molecule has 3 rings (SSSR count). The van der Waals surface area contributed by atoms with Crippen molar-refractivity contribution < 1.29 is 8.81 Å². The summed E-state index contributed by atoms with van der Waals surface area (Å²) in [5.74, 6) is 1.02. The van der Waals surface area contributed by atoms with Crippen LogP contribution in [0.5, 0.6) is 0 Å². The molecule has 0 saturated carbocycles. The van der Waals surface area contributed by atoms with Gasteiger partial charge in [0.1, 0.15) is 11.3 Å². The third-order valence-electron chi connectivity index (χ3n) is 3.26. The van der Waals surface area contributed by atoms with E-state index in [1.807, 2.05) is 6.20 Å². The summed E-state index contributed by atoms with van der Waals surface area (Å²) in [6.45, 7) is 5.59. The van der Waals surface area contributed by atoms with Gasteiger partial charge in [0.25, 0.3) is 6.01 Å². The van der Waals surface area contributed by atoms with Gasteiger partial charge in [-0.15, -0.1) is 0 Å². The average molecular weight is 288 g/mol. The van der Waals surface area contributed by atoms with E-state index in [0.29, 0.717) is 24.0 Å². The number of aromatic nitrogens is 3. The Hall–Kier alpha value is -2.37. The molecular formula is C15H17FN4O. The maximum atomic E-state index is 13.5. The Labute approximate surface area is 121 Å². The smallest absolute Gasteiger partial charge is 0.295 e. The topological polar surface area (TPSA) is 55.9 Å². The van der Waals surface area contributed by atoms with Crippen LogP contribution in [0, 0.1) is 5.82 Å². The number of oxazole rings is 1. The minimum absolute atomic E-state index is 0.186. The first kappa shape index (κ1) is 13.6. The van der Waals surface area contributed by atoms with Crippen molar-refractivity contribution in [2.75, 3.05) is 11.9 Å². The molecule has 0 saturated heterocycles. The number of hydrogen-bond acceptors (Lipinski definition) is 4. The molecule has 0 aliphatic rings. The largest absolute Gasteiger partial charge is 0.420 e. The number of nitrogens with zero attached hydrogens (tertiary/aromatic N) is 3. The summed E-state index contributed by atoms with van der Waals surface area (Å²) in [5.41, 5.74) is 0.702. The summed E-state index contributed by atoms with van der Waals surface area (Å²) in [7, 11) is 0. The van der Waals surface area contributed by atoms with Crippen molar-refractivity contribution >= 4 is 17.1 Å².